The first-order chi connectivity index (χ1) is 12.8. The smallest absolute Gasteiger partial charge is 0.350 e. The molecule has 0 saturated carbocycles. The minimum absolute atomic E-state index is 0.0771. The van der Waals surface area contributed by atoms with Gasteiger partial charge >= 0.3 is 11.2 Å². The summed E-state index contributed by atoms with van der Waals surface area (Å²) in [5, 5.41) is -3.88. The standard InChI is InChI=1S/C19H20F2O5S/c1-25-16-11-9-15(10-12-16)18(22)26-14-6-5-13-19(20,21)27(23,24)17-7-3-2-4-8-17/h2-4,7-12H,5-6,13-14H2,1H3. The third-order valence-electron chi connectivity index (χ3n) is 3.87. The van der Waals surface area contributed by atoms with Crippen LogP contribution in [0.4, 0.5) is 8.78 Å². The minimum Gasteiger partial charge on any atom is -0.497 e. The van der Waals surface area contributed by atoms with E-state index in [-0.39, 0.29) is 19.4 Å². The largest absolute Gasteiger partial charge is 0.497 e. The topological polar surface area (TPSA) is 69.7 Å². The highest BCUT2D eigenvalue weighted by atomic mass is 32.2. The number of sulfone groups is 1. The van der Waals surface area contributed by atoms with Gasteiger partial charge in [0.2, 0.25) is 9.84 Å². The van der Waals surface area contributed by atoms with Crippen LogP contribution in [0.2, 0.25) is 0 Å². The van der Waals surface area contributed by atoms with Crippen LogP contribution in [0.1, 0.15) is 29.6 Å². The molecule has 0 atom stereocenters. The van der Waals surface area contributed by atoms with Crippen molar-refractivity contribution < 1.29 is 31.5 Å². The van der Waals surface area contributed by atoms with Crippen molar-refractivity contribution in [3.8, 4) is 5.75 Å². The van der Waals surface area contributed by atoms with Crippen LogP contribution < -0.4 is 4.74 Å². The number of unbranched alkanes of at least 4 members (excludes halogenated alkanes) is 1. The molecule has 0 radical (unpaired) electrons. The lowest BCUT2D eigenvalue weighted by molar-refractivity contribution is 0.0475. The quantitative estimate of drug-likeness (QED) is 0.470. The molecule has 2 aromatic carbocycles. The van der Waals surface area contributed by atoms with Gasteiger partial charge in [0.25, 0.3) is 0 Å². The summed E-state index contributed by atoms with van der Waals surface area (Å²) >= 11 is 0. The Morgan fingerprint density at radius 2 is 1.63 bits per heavy atom. The molecule has 5 nitrogen and oxygen atoms in total. The number of hydrogen-bond donors (Lipinski definition) is 0. The summed E-state index contributed by atoms with van der Waals surface area (Å²) in [6.45, 7) is -0.0771. The normalized spacial score (nSPS) is 11.8. The molecule has 8 heteroatoms. The Bertz CT molecular complexity index is 849. The van der Waals surface area contributed by atoms with E-state index in [1.165, 1.54) is 31.4 Å². The summed E-state index contributed by atoms with van der Waals surface area (Å²) in [5.74, 6) is 0.00901. The summed E-state index contributed by atoms with van der Waals surface area (Å²) in [5.41, 5.74) is 0.313. The Kier molecular flexibility index (Phi) is 6.90. The highest BCUT2D eigenvalue weighted by molar-refractivity contribution is 7.92. The number of rotatable bonds is 9. The molecule has 0 saturated heterocycles. The number of methoxy groups -OCH3 is 1. The van der Waals surface area contributed by atoms with Crippen LogP contribution >= 0.6 is 0 Å². The van der Waals surface area contributed by atoms with E-state index in [1.807, 2.05) is 0 Å². The van der Waals surface area contributed by atoms with E-state index >= 15 is 0 Å². The van der Waals surface area contributed by atoms with Crippen molar-refractivity contribution in [1.29, 1.82) is 0 Å². The number of ether oxygens (including phenoxy) is 2. The van der Waals surface area contributed by atoms with E-state index in [4.69, 9.17) is 9.47 Å². The van der Waals surface area contributed by atoms with Crippen molar-refractivity contribution in [2.75, 3.05) is 13.7 Å². The Labute approximate surface area is 156 Å². The molecular weight excluding hydrogens is 378 g/mol. The van der Waals surface area contributed by atoms with Crippen molar-refractivity contribution >= 4 is 15.8 Å². The second kappa shape index (κ2) is 8.94. The maximum atomic E-state index is 14.1. The van der Waals surface area contributed by atoms with E-state index in [0.29, 0.717) is 11.3 Å². The molecule has 0 unspecified atom stereocenters. The van der Waals surface area contributed by atoms with Gasteiger partial charge in [0, 0.05) is 6.42 Å². The van der Waals surface area contributed by atoms with Gasteiger partial charge in [-0.25, -0.2) is 13.2 Å². The fourth-order valence-corrected chi connectivity index (χ4v) is 3.59. The van der Waals surface area contributed by atoms with E-state index in [9.17, 15) is 22.0 Å². The Hall–Kier alpha value is -2.48. The fourth-order valence-electron chi connectivity index (χ4n) is 2.31. The first kappa shape index (κ1) is 20.8. The van der Waals surface area contributed by atoms with Crippen LogP contribution in [-0.4, -0.2) is 33.4 Å². The number of esters is 1. The van der Waals surface area contributed by atoms with Crippen LogP contribution in [-0.2, 0) is 14.6 Å². The summed E-state index contributed by atoms with van der Waals surface area (Å²) in [6.07, 6.45) is -0.818. The van der Waals surface area contributed by atoms with Crippen LogP contribution in [0.5, 0.6) is 5.75 Å². The Balaban J connectivity index is 1.81. The Morgan fingerprint density at radius 1 is 1.00 bits per heavy atom. The molecule has 0 N–H and O–H groups in total. The van der Waals surface area contributed by atoms with Crippen molar-refractivity contribution in [1.82, 2.24) is 0 Å². The highest BCUT2D eigenvalue weighted by Gasteiger charge is 2.45. The van der Waals surface area contributed by atoms with Crippen molar-refractivity contribution in [2.24, 2.45) is 0 Å². The summed E-state index contributed by atoms with van der Waals surface area (Å²) in [4.78, 5) is 11.4. The Morgan fingerprint density at radius 3 is 2.22 bits per heavy atom. The minimum atomic E-state index is -4.74. The molecule has 0 amide bonds. The molecule has 0 heterocycles. The van der Waals surface area contributed by atoms with Gasteiger partial charge < -0.3 is 9.47 Å². The molecule has 2 rings (SSSR count). The molecular formula is C19H20F2O5S. The van der Waals surface area contributed by atoms with Gasteiger partial charge in [0.15, 0.2) is 0 Å². The van der Waals surface area contributed by atoms with Crippen molar-refractivity contribution in [3.63, 3.8) is 0 Å². The highest BCUT2D eigenvalue weighted by Crippen LogP contribution is 2.33. The zero-order valence-electron chi connectivity index (χ0n) is 14.7. The maximum Gasteiger partial charge on any atom is 0.350 e. The van der Waals surface area contributed by atoms with Crippen LogP contribution in [0.3, 0.4) is 0 Å². The molecule has 0 aliphatic rings. The lowest BCUT2D eigenvalue weighted by atomic mass is 10.2. The number of alkyl halides is 2. The molecule has 0 aromatic heterocycles. The lowest BCUT2D eigenvalue weighted by Gasteiger charge is -2.17. The molecule has 0 bridgehead atoms. The van der Waals surface area contributed by atoms with Crippen LogP contribution in [0.15, 0.2) is 59.5 Å². The molecule has 0 aliphatic carbocycles. The van der Waals surface area contributed by atoms with Gasteiger partial charge in [-0.3, -0.25) is 0 Å². The van der Waals surface area contributed by atoms with Gasteiger partial charge in [0.05, 0.1) is 24.2 Å². The third-order valence-corrected chi connectivity index (χ3v) is 5.75. The van der Waals surface area contributed by atoms with Crippen LogP contribution in [0.25, 0.3) is 0 Å². The zero-order valence-corrected chi connectivity index (χ0v) is 15.5. The summed E-state index contributed by atoms with van der Waals surface area (Å²) in [7, 11) is -3.24. The van der Waals surface area contributed by atoms with Gasteiger partial charge in [-0.05, 0) is 49.2 Å². The lowest BCUT2D eigenvalue weighted by Crippen LogP contribution is -2.29. The third kappa shape index (κ3) is 5.26. The summed E-state index contributed by atoms with van der Waals surface area (Å²) < 4.78 is 62.2. The van der Waals surface area contributed by atoms with Crippen LogP contribution in [0, 0.1) is 0 Å². The first-order valence-corrected chi connectivity index (χ1v) is 9.75. The second-order valence-corrected chi connectivity index (χ2v) is 7.85. The van der Waals surface area contributed by atoms with E-state index in [1.54, 1.807) is 18.2 Å². The van der Waals surface area contributed by atoms with Crippen molar-refractivity contribution in [2.45, 2.75) is 29.4 Å². The van der Waals surface area contributed by atoms with E-state index in [2.05, 4.69) is 0 Å². The SMILES string of the molecule is COc1ccc(C(=O)OCCCCC(F)(F)S(=O)(=O)c2ccccc2)cc1. The molecule has 0 fully saturated rings. The molecule has 2 aromatic rings. The average Bonchev–Trinajstić information content (AvgIpc) is 2.68. The second-order valence-electron chi connectivity index (χ2n) is 5.78. The molecule has 27 heavy (non-hydrogen) atoms. The fraction of sp³-hybridized carbons (Fsp3) is 0.316. The predicted molar refractivity (Wildman–Crippen MR) is 95.7 cm³/mol. The molecule has 146 valence electrons. The number of benzene rings is 2. The van der Waals surface area contributed by atoms with Gasteiger partial charge in [-0.15, -0.1) is 0 Å². The number of carbonyl (C=O) groups excluding carboxylic acids is 1. The van der Waals surface area contributed by atoms with Gasteiger partial charge in [0.1, 0.15) is 5.75 Å². The number of hydrogen-bond acceptors (Lipinski definition) is 5. The van der Waals surface area contributed by atoms with E-state index < -0.39 is 32.4 Å². The zero-order chi connectivity index (χ0) is 19.9. The van der Waals surface area contributed by atoms with E-state index in [0.717, 1.165) is 12.1 Å². The number of carbonyl (C=O) groups is 1. The maximum absolute atomic E-state index is 14.1. The molecule has 0 spiro atoms. The monoisotopic (exact) mass is 398 g/mol. The first-order valence-electron chi connectivity index (χ1n) is 8.26. The van der Waals surface area contributed by atoms with Gasteiger partial charge in [-0.1, -0.05) is 18.2 Å². The number of halogens is 2. The molecule has 0 aliphatic heterocycles. The average molecular weight is 398 g/mol. The summed E-state index contributed by atoms with van der Waals surface area (Å²) in [6, 6.07) is 12.9. The van der Waals surface area contributed by atoms with Gasteiger partial charge in [-0.2, -0.15) is 8.78 Å². The predicted octanol–water partition coefficient (Wildman–Crippen LogP) is 4.09. The van der Waals surface area contributed by atoms with Crippen molar-refractivity contribution in [3.05, 3.63) is 60.2 Å².